The maximum absolute atomic E-state index is 11.6. The Hall–Kier alpha value is -3.11. The number of nitrogens with one attached hydrogen (secondary N) is 1. The van der Waals surface area contributed by atoms with E-state index in [-0.39, 0.29) is 5.56 Å². The van der Waals surface area contributed by atoms with Gasteiger partial charge in [-0.15, -0.1) is 0 Å². The van der Waals surface area contributed by atoms with E-state index in [1.165, 1.54) is 0 Å². The van der Waals surface area contributed by atoms with Gasteiger partial charge >= 0.3 is 5.97 Å². The summed E-state index contributed by atoms with van der Waals surface area (Å²) in [6, 6.07) is 21.8. The fourth-order valence-corrected chi connectivity index (χ4v) is 2.74. The average Bonchev–Trinajstić information content (AvgIpc) is 2.63. The number of carbonyl (C=O) groups is 1. The predicted molar refractivity (Wildman–Crippen MR) is 105 cm³/mol. The van der Waals surface area contributed by atoms with E-state index in [0.29, 0.717) is 16.3 Å². The molecule has 130 valence electrons. The van der Waals surface area contributed by atoms with Crippen molar-refractivity contribution >= 4 is 29.0 Å². The van der Waals surface area contributed by atoms with Crippen molar-refractivity contribution in [2.45, 2.75) is 6.92 Å². The maximum Gasteiger partial charge on any atom is 0.336 e. The molecule has 0 saturated heterocycles. The van der Waals surface area contributed by atoms with Crippen LogP contribution >= 0.6 is 11.6 Å². The third-order valence-corrected chi connectivity index (χ3v) is 4.09. The lowest BCUT2D eigenvalue weighted by Crippen LogP contribution is -2.12. The molecule has 4 nitrogen and oxygen atoms in total. The highest BCUT2D eigenvalue weighted by molar-refractivity contribution is 6.30. The van der Waals surface area contributed by atoms with Crippen LogP contribution in [0, 0.1) is 6.92 Å². The minimum Gasteiger partial charge on any atom is -0.478 e. The van der Waals surface area contributed by atoms with Crippen LogP contribution in [0.5, 0.6) is 0 Å². The Morgan fingerprint density at radius 2 is 1.65 bits per heavy atom. The Labute approximate surface area is 156 Å². The van der Waals surface area contributed by atoms with Gasteiger partial charge in [0.1, 0.15) is 0 Å². The Kier molecular flexibility index (Phi) is 5.34. The highest BCUT2D eigenvalue weighted by Crippen LogP contribution is 2.19. The molecule has 3 rings (SSSR count). The molecule has 0 heterocycles. The molecular weight excluding hydrogens is 348 g/mol. The third-order valence-electron chi connectivity index (χ3n) is 3.86. The molecule has 0 amide bonds. The number of benzene rings is 3. The number of aromatic carboxylic acids is 1. The zero-order valence-corrected chi connectivity index (χ0v) is 14.9. The first kappa shape index (κ1) is 17.7. The van der Waals surface area contributed by atoms with Crippen molar-refractivity contribution in [1.82, 2.24) is 0 Å². The van der Waals surface area contributed by atoms with E-state index in [2.05, 4.69) is 10.5 Å². The highest BCUT2D eigenvalue weighted by atomic mass is 35.5. The SMILES string of the molecule is Cc1ccc(/C(=N/Nc2cccc(Cl)c2)c2ccccc2C(=O)O)cc1. The zero-order chi connectivity index (χ0) is 18.5. The largest absolute Gasteiger partial charge is 0.478 e. The molecule has 0 aliphatic carbocycles. The van der Waals surface area contributed by atoms with Gasteiger partial charge in [0.2, 0.25) is 0 Å². The summed E-state index contributed by atoms with van der Waals surface area (Å²) in [5, 5.41) is 14.6. The molecule has 0 saturated carbocycles. The first-order valence-electron chi connectivity index (χ1n) is 8.03. The van der Waals surface area contributed by atoms with Crippen LogP contribution in [0.3, 0.4) is 0 Å². The number of halogens is 1. The number of carboxylic acid groups (broad SMARTS) is 1. The van der Waals surface area contributed by atoms with E-state index in [0.717, 1.165) is 16.8 Å². The highest BCUT2D eigenvalue weighted by Gasteiger charge is 2.16. The Bertz CT molecular complexity index is 966. The summed E-state index contributed by atoms with van der Waals surface area (Å²) in [5.74, 6) is -0.997. The molecule has 0 fully saturated rings. The molecule has 0 radical (unpaired) electrons. The van der Waals surface area contributed by atoms with Crippen molar-refractivity contribution in [2.75, 3.05) is 5.43 Å². The lowest BCUT2D eigenvalue weighted by Gasteiger charge is -2.11. The standard InChI is InChI=1S/C21H17ClN2O2/c1-14-9-11-15(12-10-14)20(18-7-2-3-8-19(18)21(25)26)24-23-17-6-4-5-16(22)13-17/h2-13,23H,1H3,(H,25,26)/b24-20-. The smallest absolute Gasteiger partial charge is 0.336 e. The lowest BCUT2D eigenvalue weighted by molar-refractivity contribution is 0.0696. The van der Waals surface area contributed by atoms with E-state index in [9.17, 15) is 9.90 Å². The first-order valence-corrected chi connectivity index (χ1v) is 8.41. The van der Waals surface area contributed by atoms with Crippen LogP contribution in [0.4, 0.5) is 5.69 Å². The number of hydrogen-bond donors (Lipinski definition) is 2. The number of rotatable bonds is 5. The average molecular weight is 365 g/mol. The van der Waals surface area contributed by atoms with Crippen molar-refractivity contribution < 1.29 is 9.90 Å². The minimum atomic E-state index is -0.997. The number of hydrazone groups is 1. The van der Waals surface area contributed by atoms with Gasteiger partial charge < -0.3 is 5.11 Å². The minimum absolute atomic E-state index is 0.194. The van der Waals surface area contributed by atoms with Crippen LogP contribution < -0.4 is 5.43 Å². The molecule has 0 aliphatic rings. The molecule has 5 heteroatoms. The van der Waals surface area contributed by atoms with Gasteiger partial charge in [-0.3, -0.25) is 5.43 Å². The second-order valence-corrected chi connectivity index (χ2v) is 6.24. The number of carboxylic acids is 1. The van der Waals surface area contributed by atoms with Gasteiger partial charge in [0, 0.05) is 16.1 Å². The fraction of sp³-hybridized carbons (Fsp3) is 0.0476. The van der Waals surface area contributed by atoms with Gasteiger partial charge in [0.25, 0.3) is 0 Å². The van der Waals surface area contributed by atoms with E-state index in [4.69, 9.17) is 11.6 Å². The quantitative estimate of drug-likeness (QED) is 0.482. The first-order chi connectivity index (χ1) is 12.5. The molecular formula is C21H17ClN2O2. The molecule has 0 unspecified atom stereocenters. The van der Waals surface area contributed by atoms with E-state index in [1.807, 2.05) is 43.3 Å². The van der Waals surface area contributed by atoms with Crippen molar-refractivity contribution in [3.8, 4) is 0 Å². The van der Waals surface area contributed by atoms with Crippen LogP contribution in [0.25, 0.3) is 0 Å². The summed E-state index contributed by atoms with van der Waals surface area (Å²) in [6.07, 6.45) is 0. The van der Waals surface area contributed by atoms with E-state index < -0.39 is 5.97 Å². The van der Waals surface area contributed by atoms with Crippen LogP contribution in [0.15, 0.2) is 77.9 Å². The monoisotopic (exact) mass is 364 g/mol. The normalized spacial score (nSPS) is 11.2. The van der Waals surface area contributed by atoms with E-state index in [1.54, 1.807) is 36.4 Å². The number of aryl methyl sites for hydroxylation is 1. The fourth-order valence-electron chi connectivity index (χ4n) is 2.55. The second-order valence-electron chi connectivity index (χ2n) is 5.80. The summed E-state index contributed by atoms with van der Waals surface area (Å²) in [6.45, 7) is 2.00. The lowest BCUT2D eigenvalue weighted by atomic mass is 9.97. The van der Waals surface area contributed by atoms with Crippen molar-refractivity contribution in [3.63, 3.8) is 0 Å². The van der Waals surface area contributed by atoms with Gasteiger partial charge in [-0.1, -0.05) is 65.7 Å². The Morgan fingerprint density at radius 3 is 2.31 bits per heavy atom. The Balaban J connectivity index is 2.09. The zero-order valence-electron chi connectivity index (χ0n) is 14.1. The van der Waals surface area contributed by atoms with Crippen molar-refractivity contribution in [3.05, 3.63) is 100 Å². The third kappa shape index (κ3) is 4.10. The molecule has 26 heavy (non-hydrogen) atoms. The van der Waals surface area contributed by atoms with Gasteiger partial charge in [-0.2, -0.15) is 5.10 Å². The van der Waals surface area contributed by atoms with Gasteiger partial charge in [-0.05, 0) is 31.2 Å². The summed E-state index contributed by atoms with van der Waals surface area (Å²) in [4.78, 5) is 11.6. The van der Waals surface area contributed by atoms with E-state index >= 15 is 0 Å². The van der Waals surface area contributed by atoms with Crippen LogP contribution in [-0.2, 0) is 0 Å². The molecule has 0 bridgehead atoms. The molecule has 0 aromatic heterocycles. The number of anilines is 1. The molecule has 3 aromatic rings. The number of hydrogen-bond acceptors (Lipinski definition) is 3. The van der Waals surface area contributed by atoms with Gasteiger partial charge in [0.05, 0.1) is 17.0 Å². The molecule has 3 aromatic carbocycles. The molecule has 0 spiro atoms. The van der Waals surface area contributed by atoms with Crippen molar-refractivity contribution in [1.29, 1.82) is 0 Å². The molecule has 0 aliphatic heterocycles. The summed E-state index contributed by atoms with van der Waals surface area (Å²) in [7, 11) is 0. The van der Waals surface area contributed by atoms with Gasteiger partial charge in [-0.25, -0.2) is 4.79 Å². The Morgan fingerprint density at radius 1 is 0.962 bits per heavy atom. The maximum atomic E-state index is 11.6. The van der Waals surface area contributed by atoms with Crippen LogP contribution in [-0.4, -0.2) is 16.8 Å². The topological polar surface area (TPSA) is 61.7 Å². The van der Waals surface area contributed by atoms with Crippen LogP contribution in [0.1, 0.15) is 27.0 Å². The van der Waals surface area contributed by atoms with Crippen LogP contribution in [0.2, 0.25) is 5.02 Å². The van der Waals surface area contributed by atoms with Crippen molar-refractivity contribution in [2.24, 2.45) is 5.10 Å². The summed E-state index contributed by atoms with van der Waals surface area (Å²) < 4.78 is 0. The second kappa shape index (κ2) is 7.85. The summed E-state index contributed by atoms with van der Waals surface area (Å²) >= 11 is 6.01. The van der Waals surface area contributed by atoms with Gasteiger partial charge in [0.15, 0.2) is 0 Å². The molecule has 2 N–H and O–H groups in total. The number of nitrogens with zero attached hydrogens (tertiary/aromatic N) is 1. The molecule has 0 atom stereocenters. The predicted octanol–water partition coefficient (Wildman–Crippen LogP) is 5.21. The summed E-state index contributed by atoms with van der Waals surface area (Å²) in [5.41, 5.74) is 6.90.